The van der Waals surface area contributed by atoms with Crippen molar-refractivity contribution < 1.29 is 48.2 Å². The minimum atomic E-state index is -4.39. The van der Waals surface area contributed by atoms with Crippen LogP contribution in [0.3, 0.4) is 0 Å². The molecule has 2 amide bonds. The highest BCUT2D eigenvalue weighted by Crippen LogP contribution is 2.94. The largest absolute Gasteiger partial charge is 0.477 e. The van der Waals surface area contributed by atoms with E-state index in [0.717, 1.165) is 31.1 Å². The molecule has 6 aromatic rings. The van der Waals surface area contributed by atoms with E-state index in [-0.39, 0.29) is 57.7 Å². The quantitative estimate of drug-likeness (QED) is 0.0396. The molecule has 6 saturated carbocycles. The lowest BCUT2D eigenvalue weighted by Crippen LogP contribution is -2.41. The normalized spacial score (nSPS) is 26.7. The van der Waals surface area contributed by atoms with Gasteiger partial charge in [0.25, 0.3) is 31.9 Å². The van der Waals surface area contributed by atoms with Gasteiger partial charge in [-0.3, -0.25) is 9.59 Å². The van der Waals surface area contributed by atoms with Crippen LogP contribution < -0.4 is 39.8 Å². The van der Waals surface area contributed by atoms with E-state index in [4.69, 9.17) is 38.4 Å². The van der Waals surface area contributed by atoms with Crippen molar-refractivity contribution in [2.24, 2.45) is 45.3 Å². The second kappa shape index (κ2) is 22.2. The van der Waals surface area contributed by atoms with E-state index in [9.17, 15) is 26.4 Å². The number of sulfonamides is 2. The first-order valence-electron chi connectivity index (χ1n) is 35.5. The highest BCUT2D eigenvalue weighted by atomic mass is 35.5. The van der Waals surface area contributed by atoms with Crippen molar-refractivity contribution in [1.82, 2.24) is 54.3 Å². The van der Waals surface area contributed by atoms with Crippen molar-refractivity contribution >= 4 is 60.9 Å². The maximum absolute atomic E-state index is 13.7. The first-order chi connectivity index (χ1) is 46.4. The number of fused-ring (bicyclic) bond motifs is 8. The van der Waals surface area contributed by atoms with Gasteiger partial charge in [-0.15, -0.1) is 10.2 Å². The van der Waals surface area contributed by atoms with E-state index in [0.29, 0.717) is 109 Å². The molecule has 22 nitrogen and oxygen atoms in total. The molecule has 15 rings (SSSR count). The third-order valence-electron chi connectivity index (χ3n) is 20.6. The number of amides is 2. The SMILES string of the molecule is [2H]C([2H])([2H])C1(C([2H])([2H])[2H])C[C@H](CCCNc2cccc(S(=O)(=O)NC(=O)c3ccc(-n4ccc(OCCC5C6(CC6)C56CC6)n4)nc3Cl)n2)CN1.[2H]C([2H])([2H])C1(C)C[C@@H]2CCCNc3cccc(n3)S(=O)(=O)NC(=O)c3ccc(-n4ccc(OCCC5C6(CC6)C56CC6)n4)nc3N1C2. The van der Waals surface area contributed by atoms with Gasteiger partial charge in [0.1, 0.15) is 22.6 Å². The Balaban J connectivity index is 0.000000168. The minimum Gasteiger partial charge on any atom is -0.477 e. The maximum Gasteiger partial charge on any atom is 0.281 e. The van der Waals surface area contributed by atoms with E-state index in [1.54, 1.807) is 60.6 Å². The molecule has 4 spiro atoms. The van der Waals surface area contributed by atoms with Crippen LogP contribution in [0.15, 0.2) is 95.2 Å². The van der Waals surface area contributed by atoms with Gasteiger partial charge < -0.3 is 30.3 Å². The zero-order valence-corrected chi connectivity index (χ0v) is 51.8. The molecule has 0 radical (unpaired) electrons. The van der Waals surface area contributed by atoms with Crippen molar-refractivity contribution in [3.8, 4) is 23.4 Å². The molecule has 3 atom stereocenters. The summed E-state index contributed by atoms with van der Waals surface area (Å²) in [4.78, 5) is 45.8. The lowest BCUT2D eigenvalue weighted by atomic mass is 9.93. The van der Waals surface area contributed by atoms with Gasteiger partial charge in [0.15, 0.2) is 21.7 Å². The molecule has 6 aliphatic carbocycles. The second-order valence-electron chi connectivity index (χ2n) is 26.3. The summed E-state index contributed by atoms with van der Waals surface area (Å²) in [5.41, 5.74) is -1.01. The Labute approximate surface area is 537 Å². The predicted molar refractivity (Wildman–Crippen MR) is 335 cm³/mol. The van der Waals surface area contributed by atoms with Crippen LogP contribution in [-0.4, -0.2) is 119 Å². The van der Waals surface area contributed by atoms with Crippen molar-refractivity contribution in [2.45, 2.75) is 151 Å². The first-order valence-corrected chi connectivity index (χ1v) is 34.3. The molecule has 472 valence electrons. The number of nitrogens with zero attached hydrogens (tertiary/aromatic N) is 9. The molecule has 25 heteroatoms. The summed E-state index contributed by atoms with van der Waals surface area (Å²) in [6.07, 6.45) is 19.2. The summed E-state index contributed by atoms with van der Waals surface area (Å²) in [7, 11) is -8.75. The summed E-state index contributed by atoms with van der Waals surface area (Å²) in [5, 5.41) is 17.0. The van der Waals surface area contributed by atoms with Gasteiger partial charge in [-0.05, 0) is 231 Å². The molecule has 9 heterocycles. The predicted octanol–water partition coefficient (Wildman–Crippen LogP) is 9.52. The molecule has 2 saturated heterocycles. The van der Waals surface area contributed by atoms with Crippen LogP contribution in [-0.2, 0) is 20.0 Å². The minimum absolute atomic E-state index is 0.00234. The average Bonchev–Trinajstić information content (AvgIpc) is 1.45. The fourth-order valence-electron chi connectivity index (χ4n) is 15.8. The standard InChI is InChI=1S/C32H40ClN7O4S.C32H39N7O4S/c1-30(2)19-21(20-35-30)5-4-16-34-24-6-3-7-27(36-24)45(42,43)39-29(41)22-8-9-25(37-28(22)33)40-17-10-26(38-40)44-18-11-23-31(12-13-31)32(23)14-15-32;1-30(2)19-21-5-4-16-33-24-6-3-7-27(34-24)44(41,42)37-29(40)22-8-9-25(35-28(22)38(30)20-21)39-17-10-26(36-39)43-18-11-23-31(12-13-31)32(23)14-15-32/h3,6-10,17,21,23,35H,4-5,11-16,18-20H2,1-2H3,(H,34,36)(H,39,41);3,6-10,17,21,23H,4-5,11-16,18-20H2,1-2H3,(H,33,34)(H,37,40)/t2*21-/m00/s1/i1D3,2D3;1D3/tm;21-,30?. The molecule has 6 aromatic heterocycles. The summed E-state index contributed by atoms with van der Waals surface area (Å²) < 4.78 is 144. The second-order valence-corrected chi connectivity index (χ2v) is 29.9. The number of hydrogen-bond acceptors (Lipinski definition) is 18. The van der Waals surface area contributed by atoms with Gasteiger partial charge in [0.2, 0.25) is 11.8 Å². The maximum atomic E-state index is 13.7. The molecule has 9 aliphatic rings. The smallest absolute Gasteiger partial charge is 0.281 e. The fourth-order valence-corrected chi connectivity index (χ4v) is 17.9. The monoisotopic (exact) mass is 1280 g/mol. The number of rotatable bonds is 18. The highest BCUT2D eigenvalue weighted by molar-refractivity contribution is 7.90. The molecule has 89 heavy (non-hydrogen) atoms. The summed E-state index contributed by atoms with van der Waals surface area (Å²) >= 11 is 6.33. The molecule has 1 unspecified atom stereocenters. The number of hydrogen-bond donors (Lipinski definition) is 5. The van der Waals surface area contributed by atoms with Crippen LogP contribution in [0.4, 0.5) is 17.5 Å². The lowest BCUT2D eigenvalue weighted by molar-refractivity contribution is 0.0972. The molecule has 3 aliphatic heterocycles. The Morgan fingerprint density at radius 1 is 0.787 bits per heavy atom. The van der Waals surface area contributed by atoms with Crippen LogP contribution in [0, 0.1) is 45.3 Å². The Morgan fingerprint density at radius 2 is 1.44 bits per heavy atom. The van der Waals surface area contributed by atoms with Crippen molar-refractivity contribution in [3.05, 3.63) is 101 Å². The van der Waals surface area contributed by atoms with Crippen LogP contribution in [0.1, 0.15) is 163 Å². The van der Waals surface area contributed by atoms with Crippen LogP contribution in [0.5, 0.6) is 11.8 Å². The van der Waals surface area contributed by atoms with Crippen LogP contribution in [0.2, 0.25) is 5.15 Å². The van der Waals surface area contributed by atoms with E-state index in [1.807, 2.05) is 4.72 Å². The molecule has 4 bridgehead atoms. The molecular formula is C64H79ClN14O8S2. The van der Waals surface area contributed by atoms with E-state index >= 15 is 0 Å². The van der Waals surface area contributed by atoms with Gasteiger partial charge in [0, 0.05) is 67.6 Å². The Kier molecular flexibility index (Phi) is 12.4. The third-order valence-corrected chi connectivity index (χ3v) is 23.4. The Morgan fingerprint density at radius 3 is 2.07 bits per heavy atom. The van der Waals surface area contributed by atoms with E-state index in [1.165, 1.54) is 97.1 Å². The zero-order chi connectivity index (χ0) is 69.3. The Hall–Kier alpha value is -6.89. The number of aromatic nitrogens is 8. The van der Waals surface area contributed by atoms with Gasteiger partial charge in [-0.2, -0.15) is 16.8 Å². The molecule has 5 N–H and O–H groups in total. The number of nitrogens with one attached hydrogen (secondary N) is 5. The Bertz CT molecular complexity index is 4280. The van der Waals surface area contributed by atoms with Crippen molar-refractivity contribution in [1.29, 1.82) is 0 Å². The van der Waals surface area contributed by atoms with E-state index < -0.39 is 68.5 Å². The zero-order valence-electron chi connectivity index (χ0n) is 58.4. The van der Waals surface area contributed by atoms with Crippen LogP contribution >= 0.6 is 11.6 Å². The van der Waals surface area contributed by atoms with Crippen molar-refractivity contribution in [3.63, 3.8) is 0 Å². The summed E-state index contributed by atoms with van der Waals surface area (Å²) in [5.74, 6) is 1.76. The molecule has 0 aromatic carbocycles. The lowest BCUT2D eigenvalue weighted by Gasteiger charge is -2.34. The molecule has 8 fully saturated rings. The van der Waals surface area contributed by atoms with Gasteiger partial charge in [0.05, 0.1) is 24.3 Å². The van der Waals surface area contributed by atoms with Crippen LogP contribution in [0.25, 0.3) is 11.6 Å². The number of halogens is 1. The number of ether oxygens (including phenoxy) is 2. The van der Waals surface area contributed by atoms with Gasteiger partial charge in [-0.1, -0.05) is 23.7 Å². The number of carbonyl (C=O) groups excluding carboxylic acids is 2. The highest BCUT2D eigenvalue weighted by Gasteiger charge is 2.86. The summed E-state index contributed by atoms with van der Waals surface area (Å²) in [6, 6.07) is 18.2. The fraction of sp³-hybridized carbons (Fsp3) is 0.562. The number of carbonyl (C=O) groups is 2. The van der Waals surface area contributed by atoms with Gasteiger partial charge >= 0.3 is 0 Å². The van der Waals surface area contributed by atoms with Crippen molar-refractivity contribution in [2.75, 3.05) is 54.9 Å². The van der Waals surface area contributed by atoms with Gasteiger partial charge in [-0.25, -0.2) is 38.7 Å². The molecular weight excluding hydrogens is 1190 g/mol. The number of anilines is 3. The number of pyridine rings is 4. The topological polar surface area (TPSA) is 271 Å². The average molecular weight is 1280 g/mol. The summed E-state index contributed by atoms with van der Waals surface area (Å²) in [6.45, 7) is -3.43. The first kappa shape index (κ1) is 49.8. The van der Waals surface area contributed by atoms with E-state index in [2.05, 4.69) is 45.8 Å². The third kappa shape index (κ3) is 11.6.